The Morgan fingerprint density at radius 1 is 1.64 bits per heavy atom. The summed E-state index contributed by atoms with van der Waals surface area (Å²) in [5.74, 6) is -0.894. The van der Waals surface area contributed by atoms with E-state index in [1.807, 2.05) is 18.1 Å². The molecule has 0 unspecified atom stereocenters. The second-order valence-electron chi connectivity index (χ2n) is 3.17. The van der Waals surface area contributed by atoms with Gasteiger partial charge in [-0.1, -0.05) is 28.7 Å². The van der Waals surface area contributed by atoms with E-state index in [4.69, 9.17) is 5.11 Å². The zero-order valence-electron chi connectivity index (χ0n) is 7.49. The van der Waals surface area contributed by atoms with Crippen LogP contribution in [0.5, 0.6) is 0 Å². The lowest BCUT2D eigenvalue weighted by atomic mass is 10.1. The van der Waals surface area contributed by atoms with Gasteiger partial charge in [0, 0.05) is 12.6 Å². The molecule has 1 aliphatic heterocycles. The first kappa shape index (κ1) is 9.72. The molecule has 4 nitrogen and oxygen atoms in total. The summed E-state index contributed by atoms with van der Waals surface area (Å²) >= 11 is 2.29. The Balaban J connectivity index is 2.44. The number of nitrogens with one attached hydrogen (secondary N) is 1. The Labute approximate surface area is 95.0 Å². The molecule has 0 bridgehead atoms. The highest BCUT2D eigenvalue weighted by Gasteiger charge is 2.25. The summed E-state index contributed by atoms with van der Waals surface area (Å²) < 4.78 is 0.255. The van der Waals surface area contributed by atoms with E-state index in [-0.39, 0.29) is 4.05 Å². The van der Waals surface area contributed by atoms with Crippen LogP contribution in [-0.4, -0.2) is 23.1 Å². The van der Waals surface area contributed by atoms with E-state index in [0.29, 0.717) is 5.56 Å². The van der Waals surface area contributed by atoms with Crippen molar-refractivity contribution in [3.63, 3.8) is 0 Å². The van der Waals surface area contributed by atoms with Crippen LogP contribution in [0.1, 0.15) is 20.0 Å². The van der Waals surface area contributed by atoms with Gasteiger partial charge in [0.15, 0.2) is 0 Å². The molecular formula is C9H9IN2O2. The molecule has 0 amide bonds. The SMILES string of the molecule is CN1Nc2cc(C(=O)O)ccc2[C@H]1I. The standard InChI is InChI=1S/C9H9IN2O2/c1-12-8(10)6-3-2-5(9(13)14)4-7(6)11-12/h2-4,8,11H,1H3,(H,13,14)/t8-/m0/s1. The van der Waals surface area contributed by atoms with Gasteiger partial charge in [0.05, 0.1) is 11.3 Å². The largest absolute Gasteiger partial charge is 0.478 e. The second-order valence-corrected chi connectivity index (χ2v) is 4.35. The maximum atomic E-state index is 10.7. The van der Waals surface area contributed by atoms with Crippen molar-refractivity contribution >= 4 is 34.2 Å². The Morgan fingerprint density at radius 2 is 2.36 bits per heavy atom. The van der Waals surface area contributed by atoms with Crippen molar-refractivity contribution in [1.82, 2.24) is 5.01 Å². The number of anilines is 1. The third-order valence-corrected chi connectivity index (χ3v) is 3.70. The third-order valence-electron chi connectivity index (χ3n) is 2.19. The van der Waals surface area contributed by atoms with Crippen LogP contribution in [-0.2, 0) is 0 Å². The van der Waals surface area contributed by atoms with Crippen LogP contribution < -0.4 is 5.43 Å². The molecular weight excluding hydrogens is 295 g/mol. The number of hydrogen-bond donors (Lipinski definition) is 2. The number of benzene rings is 1. The van der Waals surface area contributed by atoms with Gasteiger partial charge in [-0.05, 0) is 12.1 Å². The fourth-order valence-electron chi connectivity index (χ4n) is 1.45. The molecule has 2 rings (SSSR count). The van der Waals surface area contributed by atoms with Crippen LogP contribution in [0.15, 0.2) is 18.2 Å². The van der Waals surface area contributed by atoms with Gasteiger partial charge in [0.2, 0.25) is 0 Å². The van der Waals surface area contributed by atoms with Crippen LogP contribution in [0.2, 0.25) is 0 Å². The van der Waals surface area contributed by atoms with Gasteiger partial charge < -0.3 is 10.5 Å². The summed E-state index contributed by atoms with van der Waals surface area (Å²) in [6, 6.07) is 5.15. The van der Waals surface area contributed by atoms with Crippen molar-refractivity contribution in [2.75, 3.05) is 12.5 Å². The topological polar surface area (TPSA) is 52.6 Å². The molecule has 5 heteroatoms. The number of hydrazine groups is 1. The Kier molecular flexibility index (Phi) is 2.36. The molecule has 2 N–H and O–H groups in total. The molecule has 1 aliphatic rings. The predicted octanol–water partition coefficient (Wildman–Crippen LogP) is 2.09. The molecule has 0 fully saturated rings. The number of hydrogen-bond acceptors (Lipinski definition) is 3. The number of alkyl halides is 1. The smallest absolute Gasteiger partial charge is 0.335 e. The molecule has 1 aromatic rings. The highest BCUT2D eigenvalue weighted by molar-refractivity contribution is 14.1. The molecule has 74 valence electrons. The van der Waals surface area contributed by atoms with E-state index in [1.165, 1.54) is 0 Å². The lowest BCUT2D eigenvalue weighted by Gasteiger charge is -2.12. The summed E-state index contributed by atoms with van der Waals surface area (Å²) in [6.07, 6.45) is 0. The first-order valence-electron chi connectivity index (χ1n) is 4.10. The highest BCUT2D eigenvalue weighted by Crippen LogP contribution is 2.38. The normalized spacial score (nSPS) is 20.3. The van der Waals surface area contributed by atoms with E-state index in [1.54, 1.807) is 12.1 Å². The monoisotopic (exact) mass is 304 g/mol. The second kappa shape index (κ2) is 3.39. The number of carbonyl (C=O) groups is 1. The quantitative estimate of drug-likeness (QED) is 0.474. The molecule has 0 spiro atoms. The van der Waals surface area contributed by atoms with Gasteiger partial charge >= 0.3 is 5.97 Å². The number of aromatic carboxylic acids is 1. The van der Waals surface area contributed by atoms with Gasteiger partial charge in [-0.3, -0.25) is 0 Å². The zero-order valence-corrected chi connectivity index (χ0v) is 9.65. The van der Waals surface area contributed by atoms with Crippen molar-refractivity contribution < 1.29 is 9.90 Å². The lowest BCUT2D eigenvalue weighted by Crippen LogP contribution is -2.18. The number of nitrogens with zero attached hydrogens (tertiary/aromatic N) is 1. The molecule has 0 radical (unpaired) electrons. The summed E-state index contributed by atoms with van der Waals surface area (Å²) in [4.78, 5) is 10.7. The molecule has 1 atom stereocenters. The maximum absolute atomic E-state index is 10.7. The van der Waals surface area contributed by atoms with Gasteiger partial charge in [0.25, 0.3) is 0 Å². The van der Waals surface area contributed by atoms with Crippen molar-refractivity contribution in [3.05, 3.63) is 29.3 Å². The number of fused-ring (bicyclic) bond motifs is 1. The summed E-state index contributed by atoms with van der Waals surface area (Å²) in [5, 5.41) is 10.7. The van der Waals surface area contributed by atoms with E-state index < -0.39 is 5.97 Å². The van der Waals surface area contributed by atoms with Crippen LogP contribution in [0, 0.1) is 0 Å². The number of rotatable bonds is 1. The maximum Gasteiger partial charge on any atom is 0.335 e. The summed E-state index contributed by atoms with van der Waals surface area (Å²) in [7, 11) is 1.93. The molecule has 1 heterocycles. The number of carboxylic acids is 1. The first-order chi connectivity index (χ1) is 6.59. The zero-order chi connectivity index (χ0) is 10.3. The van der Waals surface area contributed by atoms with Crippen molar-refractivity contribution in [3.8, 4) is 0 Å². The van der Waals surface area contributed by atoms with Gasteiger partial charge in [-0.2, -0.15) is 0 Å². The molecule has 0 saturated heterocycles. The Bertz CT molecular complexity index is 394. The first-order valence-corrected chi connectivity index (χ1v) is 5.35. The molecule has 0 aliphatic carbocycles. The number of carboxylic acid groups (broad SMARTS) is 1. The average molecular weight is 304 g/mol. The van der Waals surface area contributed by atoms with E-state index in [9.17, 15) is 4.79 Å². The predicted molar refractivity (Wildman–Crippen MR) is 61.5 cm³/mol. The molecule has 14 heavy (non-hydrogen) atoms. The fourth-order valence-corrected chi connectivity index (χ4v) is 2.13. The van der Waals surface area contributed by atoms with Crippen LogP contribution in [0.25, 0.3) is 0 Å². The third kappa shape index (κ3) is 1.46. The molecule has 0 saturated carbocycles. The van der Waals surface area contributed by atoms with E-state index in [2.05, 4.69) is 28.0 Å². The van der Waals surface area contributed by atoms with Gasteiger partial charge in [-0.25, -0.2) is 9.80 Å². The lowest BCUT2D eigenvalue weighted by molar-refractivity contribution is 0.0697. The molecule has 1 aromatic carbocycles. The minimum absolute atomic E-state index is 0.255. The van der Waals surface area contributed by atoms with Gasteiger partial charge in [-0.15, -0.1) is 0 Å². The Morgan fingerprint density at radius 3 is 3.00 bits per heavy atom. The fraction of sp³-hybridized carbons (Fsp3) is 0.222. The van der Waals surface area contributed by atoms with E-state index in [0.717, 1.165) is 11.3 Å². The average Bonchev–Trinajstić information content (AvgIpc) is 2.42. The van der Waals surface area contributed by atoms with Crippen LogP contribution in [0.4, 0.5) is 5.69 Å². The van der Waals surface area contributed by atoms with Crippen molar-refractivity contribution in [1.29, 1.82) is 0 Å². The van der Waals surface area contributed by atoms with Crippen molar-refractivity contribution in [2.45, 2.75) is 4.05 Å². The summed E-state index contributed by atoms with van der Waals surface area (Å²) in [5.41, 5.74) is 5.42. The highest BCUT2D eigenvalue weighted by atomic mass is 127. The number of halogens is 1. The van der Waals surface area contributed by atoms with Crippen molar-refractivity contribution in [2.24, 2.45) is 0 Å². The van der Waals surface area contributed by atoms with Crippen LogP contribution >= 0.6 is 22.6 Å². The minimum Gasteiger partial charge on any atom is -0.478 e. The summed E-state index contributed by atoms with van der Waals surface area (Å²) in [6.45, 7) is 0. The van der Waals surface area contributed by atoms with Gasteiger partial charge in [0.1, 0.15) is 4.05 Å². The van der Waals surface area contributed by atoms with E-state index >= 15 is 0 Å². The molecule has 0 aromatic heterocycles. The minimum atomic E-state index is -0.894. The Hall–Kier alpha value is -0.820. The van der Waals surface area contributed by atoms with Crippen LogP contribution in [0.3, 0.4) is 0 Å².